The van der Waals surface area contributed by atoms with Gasteiger partial charge in [-0.1, -0.05) is 12.1 Å². The first-order chi connectivity index (χ1) is 16.6. The number of hydrogen-bond acceptors (Lipinski definition) is 6. The van der Waals surface area contributed by atoms with Crippen LogP contribution in [0.1, 0.15) is 24.8 Å². The molecule has 1 aliphatic carbocycles. The van der Waals surface area contributed by atoms with E-state index in [1.807, 2.05) is 25.1 Å². The molecule has 2 aromatic rings. The van der Waals surface area contributed by atoms with Crippen molar-refractivity contribution in [2.45, 2.75) is 37.9 Å². The Bertz CT molecular complexity index is 1270. The first kappa shape index (κ1) is 22.9. The van der Waals surface area contributed by atoms with Crippen LogP contribution in [0.3, 0.4) is 0 Å². The first-order valence-corrected chi connectivity index (χ1v) is 13.3. The number of aryl methyl sites for hydroxylation is 1. The number of pyridine rings is 1. The molecule has 1 saturated carbocycles. The van der Waals surface area contributed by atoms with Crippen molar-refractivity contribution in [3.63, 3.8) is 0 Å². The van der Waals surface area contributed by atoms with Gasteiger partial charge in [-0.3, -0.25) is 8.61 Å². The molecule has 3 fully saturated rings. The molecule has 4 aliphatic rings. The van der Waals surface area contributed by atoms with E-state index in [4.69, 9.17) is 14.5 Å². The Morgan fingerprint density at radius 2 is 1.77 bits per heavy atom. The van der Waals surface area contributed by atoms with Gasteiger partial charge in [0.2, 0.25) is 0 Å². The summed E-state index contributed by atoms with van der Waals surface area (Å²) in [5.74, 6) is -3.35. The van der Waals surface area contributed by atoms with Gasteiger partial charge in [0.1, 0.15) is 5.82 Å². The third kappa shape index (κ3) is 3.75. The molecule has 0 amide bonds. The van der Waals surface area contributed by atoms with E-state index in [1.54, 1.807) is 12.1 Å². The van der Waals surface area contributed by atoms with Crippen molar-refractivity contribution in [1.82, 2.24) is 4.98 Å². The molecule has 4 heterocycles. The molecule has 1 aromatic carbocycles. The van der Waals surface area contributed by atoms with E-state index in [9.17, 15) is 17.2 Å². The summed E-state index contributed by atoms with van der Waals surface area (Å²) in [6.45, 7) is 4.55. The van der Waals surface area contributed by atoms with Gasteiger partial charge >= 0.3 is 10.2 Å². The van der Waals surface area contributed by atoms with Crippen LogP contribution in [0.5, 0.6) is 0 Å². The average molecular weight is 507 g/mol. The van der Waals surface area contributed by atoms with Gasteiger partial charge in [0.25, 0.3) is 5.92 Å². The molecule has 188 valence electrons. The molecule has 2 saturated heterocycles. The molecule has 1 spiro atoms. The van der Waals surface area contributed by atoms with Crippen LogP contribution in [-0.2, 0) is 19.7 Å². The third-order valence-corrected chi connectivity index (χ3v) is 9.36. The Hall–Kier alpha value is -2.50. The molecule has 8 nitrogen and oxygen atoms in total. The molecule has 35 heavy (non-hydrogen) atoms. The Kier molecular flexibility index (Phi) is 5.08. The monoisotopic (exact) mass is 506 g/mol. The summed E-state index contributed by atoms with van der Waals surface area (Å²) in [5, 5.41) is 0. The van der Waals surface area contributed by atoms with E-state index in [0.29, 0.717) is 24.6 Å². The van der Waals surface area contributed by atoms with Crippen LogP contribution in [0.25, 0.3) is 11.3 Å². The summed E-state index contributed by atoms with van der Waals surface area (Å²) in [6.07, 6.45) is 1.27. The van der Waals surface area contributed by atoms with Crippen molar-refractivity contribution >= 4 is 27.4 Å². The van der Waals surface area contributed by atoms with Crippen LogP contribution in [0.4, 0.5) is 26.0 Å². The number of nitrogens with zero attached hydrogens (tertiary/aromatic N) is 4. The van der Waals surface area contributed by atoms with Gasteiger partial charge in [-0.2, -0.15) is 8.42 Å². The van der Waals surface area contributed by atoms with E-state index < -0.39 is 27.8 Å². The number of anilines is 3. The predicted molar refractivity (Wildman–Crippen MR) is 128 cm³/mol. The number of halogens is 2. The zero-order chi connectivity index (χ0) is 24.6. The molecular weight excluding hydrogens is 478 g/mol. The van der Waals surface area contributed by atoms with Gasteiger partial charge in [-0.15, -0.1) is 0 Å². The third-order valence-electron chi connectivity index (χ3n) is 7.57. The highest BCUT2D eigenvalue weighted by Crippen LogP contribution is 2.52. The lowest BCUT2D eigenvalue weighted by Crippen LogP contribution is -2.45. The molecule has 0 N–H and O–H groups in total. The smallest absolute Gasteiger partial charge is 0.326 e. The average Bonchev–Trinajstić information content (AvgIpc) is 3.12. The van der Waals surface area contributed by atoms with Crippen molar-refractivity contribution < 1.29 is 26.7 Å². The Morgan fingerprint density at radius 3 is 2.43 bits per heavy atom. The van der Waals surface area contributed by atoms with Crippen LogP contribution >= 0.6 is 0 Å². The minimum atomic E-state index is -3.89. The summed E-state index contributed by atoms with van der Waals surface area (Å²) in [4.78, 5) is 7.14. The summed E-state index contributed by atoms with van der Waals surface area (Å²) in [7, 11) is -2.44. The number of piperidine rings is 1. The molecule has 0 bridgehead atoms. The fourth-order valence-corrected chi connectivity index (χ4v) is 6.70. The SMILES string of the molecule is Cc1ccc(N2CCC3(CC2)OCCO3)nc1-c1ccc2c(c1)N(C)S(=O)(=O)N2CC1CC1(F)F. The number of ether oxygens (including phenoxy) is 2. The molecular formula is C24H28F2N4O4S. The van der Waals surface area contributed by atoms with Gasteiger partial charge in [-0.05, 0) is 30.7 Å². The van der Waals surface area contributed by atoms with Crippen molar-refractivity contribution in [2.75, 3.05) is 53.4 Å². The normalized spacial score (nSPS) is 25.8. The lowest BCUT2D eigenvalue weighted by Gasteiger charge is -2.38. The first-order valence-electron chi connectivity index (χ1n) is 11.9. The molecule has 1 aromatic heterocycles. The molecule has 1 unspecified atom stereocenters. The Labute approximate surface area is 203 Å². The number of hydrogen-bond donors (Lipinski definition) is 0. The summed E-state index contributed by atoms with van der Waals surface area (Å²) in [5.41, 5.74) is 3.39. The van der Waals surface area contributed by atoms with Crippen LogP contribution in [-0.4, -0.2) is 65.0 Å². The number of fused-ring (bicyclic) bond motifs is 1. The maximum Gasteiger partial charge on any atom is 0.326 e. The summed E-state index contributed by atoms with van der Waals surface area (Å²) in [6, 6.07) is 9.30. The topological polar surface area (TPSA) is 75.2 Å². The molecule has 6 rings (SSSR count). The highest BCUT2D eigenvalue weighted by atomic mass is 32.2. The van der Waals surface area contributed by atoms with Gasteiger partial charge in [0, 0.05) is 57.4 Å². The molecule has 0 radical (unpaired) electrons. The lowest BCUT2D eigenvalue weighted by atomic mass is 10.0. The van der Waals surface area contributed by atoms with Crippen LogP contribution in [0, 0.1) is 12.8 Å². The quantitative estimate of drug-likeness (QED) is 0.632. The zero-order valence-electron chi connectivity index (χ0n) is 19.7. The highest BCUT2D eigenvalue weighted by Gasteiger charge is 2.59. The number of aromatic nitrogens is 1. The van der Waals surface area contributed by atoms with Crippen LogP contribution < -0.4 is 13.5 Å². The predicted octanol–water partition coefficient (Wildman–Crippen LogP) is 3.56. The minimum Gasteiger partial charge on any atom is -0.356 e. The standard InChI is InChI=1S/C24H28F2N4O4S/c1-16-3-6-21(29-9-7-23(8-10-29)33-11-12-34-23)27-22(16)17-4-5-19-20(13-17)28(2)35(31,32)30(19)15-18-14-24(18,25)26/h3-6,13,18H,7-12,14-15H2,1-2H3. The van der Waals surface area contributed by atoms with Gasteiger partial charge in [0.05, 0.1) is 30.3 Å². The number of alkyl halides is 2. The Morgan fingerprint density at radius 1 is 1.09 bits per heavy atom. The second kappa shape index (κ2) is 7.75. The number of benzene rings is 1. The van der Waals surface area contributed by atoms with Gasteiger partial charge in [0.15, 0.2) is 5.79 Å². The van der Waals surface area contributed by atoms with E-state index in [2.05, 4.69) is 4.90 Å². The Balaban J connectivity index is 1.28. The van der Waals surface area contributed by atoms with Crippen molar-refractivity contribution in [1.29, 1.82) is 0 Å². The van der Waals surface area contributed by atoms with Gasteiger partial charge < -0.3 is 14.4 Å². The second-order valence-electron chi connectivity index (χ2n) is 9.80. The van der Waals surface area contributed by atoms with Gasteiger partial charge in [-0.25, -0.2) is 13.8 Å². The molecule has 3 aliphatic heterocycles. The fourth-order valence-electron chi connectivity index (χ4n) is 5.24. The van der Waals surface area contributed by atoms with Crippen molar-refractivity contribution in [3.05, 3.63) is 35.9 Å². The van der Waals surface area contributed by atoms with Crippen LogP contribution in [0.2, 0.25) is 0 Å². The minimum absolute atomic E-state index is 0.220. The van der Waals surface area contributed by atoms with E-state index >= 15 is 0 Å². The lowest BCUT2D eigenvalue weighted by molar-refractivity contribution is -0.169. The van der Waals surface area contributed by atoms with Crippen molar-refractivity contribution in [2.24, 2.45) is 5.92 Å². The maximum absolute atomic E-state index is 13.5. The van der Waals surface area contributed by atoms with Crippen molar-refractivity contribution in [3.8, 4) is 11.3 Å². The second-order valence-corrected chi connectivity index (χ2v) is 11.7. The van der Waals surface area contributed by atoms with E-state index in [1.165, 1.54) is 7.05 Å². The summed E-state index contributed by atoms with van der Waals surface area (Å²) < 4.78 is 66.9. The largest absolute Gasteiger partial charge is 0.356 e. The zero-order valence-corrected chi connectivity index (χ0v) is 20.5. The maximum atomic E-state index is 13.5. The molecule has 1 atom stereocenters. The van der Waals surface area contributed by atoms with E-state index in [0.717, 1.165) is 57.2 Å². The van der Waals surface area contributed by atoms with E-state index in [-0.39, 0.29) is 13.0 Å². The molecule has 11 heteroatoms. The number of rotatable bonds is 4. The van der Waals surface area contributed by atoms with Crippen LogP contribution in [0.15, 0.2) is 30.3 Å². The summed E-state index contributed by atoms with van der Waals surface area (Å²) >= 11 is 0. The highest BCUT2D eigenvalue weighted by molar-refractivity contribution is 7.94. The fraction of sp³-hybridized carbons (Fsp3) is 0.542.